The Morgan fingerprint density at radius 1 is 1.15 bits per heavy atom. The zero-order valence-electron chi connectivity index (χ0n) is 13.0. The minimum Gasteiger partial charge on any atom is -0.371 e. The molecule has 1 atom stereocenters. The molecule has 1 aromatic heterocycles. The lowest BCUT2D eigenvalue weighted by atomic mass is 9.96. The lowest BCUT2D eigenvalue weighted by molar-refractivity contribution is 0.0533. The SMILES string of the molecule is CCCNc1nc(C(CC)OCC)nc2c1CCCC2. The molecule has 1 heterocycles. The summed E-state index contributed by atoms with van der Waals surface area (Å²) in [6.45, 7) is 8.00. The van der Waals surface area contributed by atoms with E-state index in [0.717, 1.165) is 43.9 Å². The number of aromatic nitrogens is 2. The predicted octanol–water partition coefficient (Wildman–Crippen LogP) is 3.66. The van der Waals surface area contributed by atoms with E-state index >= 15 is 0 Å². The van der Waals surface area contributed by atoms with E-state index in [9.17, 15) is 0 Å². The van der Waals surface area contributed by atoms with Crippen LogP contribution in [0.15, 0.2) is 0 Å². The number of hydrogen-bond acceptors (Lipinski definition) is 4. The Hall–Kier alpha value is -1.16. The summed E-state index contributed by atoms with van der Waals surface area (Å²) in [5.74, 6) is 1.90. The lowest BCUT2D eigenvalue weighted by Crippen LogP contribution is -2.17. The Bertz CT molecular complexity index is 434. The third-order valence-electron chi connectivity index (χ3n) is 3.77. The van der Waals surface area contributed by atoms with E-state index in [-0.39, 0.29) is 6.10 Å². The van der Waals surface area contributed by atoms with Crippen molar-refractivity contribution in [1.29, 1.82) is 0 Å². The van der Waals surface area contributed by atoms with Crippen LogP contribution in [-0.2, 0) is 17.6 Å². The van der Waals surface area contributed by atoms with Gasteiger partial charge in [-0.1, -0.05) is 13.8 Å². The Balaban J connectivity index is 2.32. The third-order valence-corrected chi connectivity index (χ3v) is 3.77. The number of ether oxygens (including phenoxy) is 1. The van der Waals surface area contributed by atoms with Crippen LogP contribution in [-0.4, -0.2) is 23.1 Å². The molecule has 1 aliphatic rings. The molecule has 2 rings (SSSR count). The van der Waals surface area contributed by atoms with Gasteiger partial charge in [0.25, 0.3) is 0 Å². The molecule has 0 aromatic carbocycles. The van der Waals surface area contributed by atoms with Crippen LogP contribution in [0.3, 0.4) is 0 Å². The van der Waals surface area contributed by atoms with Crippen LogP contribution in [0.25, 0.3) is 0 Å². The highest BCUT2D eigenvalue weighted by Crippen LogP contribution is 2.28. The van der Waals surface area contributed by atoms with Crippen molar-refractivity contribution < 1.29 is 4.74 Å². The summed E-state index contributed by atoms with van der Waals surface area (Å²) in [6, 6.07) is 0. The number of anilines is 1. The van der Waals surface area contributed by atoms with Crippen LogP contribution in [0.5, 0.6) is 0 Å². The number of nitrogens with zero attached hydrogens (tertiary/aromatic N) is 2. The number of nitrogens with one attached hydrogen (secondary N) is 1. The maximum Gasteiger partial charge on any atom is 0.159 e. The molecule has 0 saturated heterocycles. The quantitative estimate of drug-likeness (QED) is 0.826. The second-order valence-corrected chi connectivity index (χ2v) is 5.34. The number of hydrogen-bond donors (Lipinski definition) is 1. The topological polar surface area (TPSA) is 47.0 Å². The summed E-state index contributed by atoms with van der Waals surface area (Å²) in [5.41, 5.74) is 2.57. The molecule has 1 aromatic rings. The van der Waals surface area contributed by atoms with Gasteiger partial charge in [-0.05, 0) is 45.4 Å². The fraction of sp³-hybridized carbons (Fsp3) is 0.750. The van der Waals surface area contributed by atoms with Crippen LogP contribution >= 0.6 is 0 Å². The third kappa shape index (κ3) is 3.48. The fourth-order valence-electron chi connectivity index (χ4n) is 2.72. The maximum absolute atomic E-state index is 5.77. The van der Waals surface area contributed by atoms with Gasteiger partial charge in [0.2, 0.25) is 0 Å². The molecule has 112 valence electrons. The van der Waals surface area contributed by atoms with Gasteiger partial charge in [0.1, 0.15) is 11.9 Å². The Labute approximate surface area is 122 Å². The predicted molar refractivity (Wildman–Crippen MR) is 82.1 cm³/mol. The van der Waals surface area contributed by atoms with Crippen LogP contribution in [0.2, 0.25) is 0 Å². The van der Waals surface area contributed by atoms with Crippen molar-refractivity contribution in [2.24, 2.45) is 0 Å². The first kappa shape index (κ1) is 15.2. The molecule has 0 radical (unpaired) electrons. The number of aryl methyl sites for hydroxylation is 1. The molecule has 0 bridgehead atoms. The first-order valence-corrected chi connectivity index (χ1v) is 8.05. The van der Waals surface area contributed by atoms with Crippen molar-refractivity contribution in [2.75, 3.05) is 18.5 Å². The summed E-state index contributed by atoms with van der Waals surface area (Å²) in [6.07, 6.45) is 6.72. The van der Waals surface area contributed by atoms with Crippen molar-refractivity contribution in [1.82, 2.24) is 9.97 Å². The van der Waals surface area contributed by atoms with E-state index in [4.69, 9.17) is 14.7 Å². The zero-order valence-corrected chi connectivity index (χ0v) is 13.0. The minimum absolute atomic E-state index is 0.0226. The molecule has 1 aliphatic carbocycles. The van der Waals surface area contributed by atoms with E-state index in [2.05, 4.69) is 19.2 Å². The monoisotopic (exact) mass is 277 g/mol. The molecule has 20 heavy (non-hydrogen) atoms. The van der Waals surface area contributed by atoms with Gasteiger partial charge in [-0.3, -0.25) is 0 Å². The zero-order chi connectivity index (χ0) is 14.4. The molecular weight excluding hydrogens is 250 g/mol. The molecule has 1 N–H and O–H groups in total. The van der Waals surface area contributed by atoms with E-state index in [0.29, 0.717) is 6.61 Å². The van der Waals surface area contributed by atoms with Gasteiger partial charge < -0.3 is 10.1 Å². The summed E-state index contributed by atoms with van der Waals surface area (Å²) in [7, 11) is 0. The Kier molecular flexibility index (Phi) is 5.77. The van der Waals surface area contributed by atoms with Gasteiger partial charge in [-0.15, -0.1) is 0 Å². The minimum atomic E-state index is 0.0226. The highest BCUT2D eigenvalue weighted by atomic mass is 16.5. The van der Waals surface area contributed by atoms with Crippen molar-refractivity contribution in [3.8, 4) is 0 Å². The van der Waals surface area contributed by atoms with Gasteiger partial charge in [0.05, 0.1) is 0 Å². The maximum atomic E-state index is 5.77. The largest absolute Gasteiger partial charge is 0.371 e. The van der Waals surface area contributed by atoms with Crippen LogP contribution in [0, 0.1) is 0 Å². The second-order valence-electron chi connectivity index (χ2n) is 5.34. The highest BCUT2D eigenvalue weighted by molar-refractivity contribution is 5.48. The first-order valence-electron chi connectivity index (χ1n) is 8.05. The molecule has 4 heteroatoms. The molecule has 4 nitrogen and oxygen atoms in total. The van der Waals surface area contributed by atoms with Gasteiger partial charge in [0, 0.05) is 24.4 Å². The van der Waals surface area contributed by atoms with Crippen molar-refractivity contribution in [3.63, 3.8) is 0 Å². The van der Waals surface area contributed by atoms with E-state index in [1.54, 1.807) is 0 Å². The van der Waals surface area contributed by atoms with Gasteiger partial charge in [-0.25, -0.2) is 9.97 Å². The average molecular weight is 277 g/mol. The number of fused-ring (bicyclic) bond motifs is 1. The highest BCUT2D eigenvalue weighted by Gasteiger charge is 2.21. The van der Waals surface area contributed by atoms with Crippen LogP contribution in [0.4, 0.5) is 5.82 Å². The smallest absolute Gasteiger partial charge is 0.159 e. The van der Waals surface area contributed by atoms with E-state index in [1.807, 2.05) is 6.92 Å². The van der Waals surface area contributed by atoms with E-state index < -0.39 is 0 Å². The second kappa shape index (κ2) is 7.58. The van der Waals surface area contributed by atoms with Crippen molar-refractivity contribution in [2.45, 2.75) is 65.4 Å². The first-order chi connectivity index (χ1) is 9.80. The van der Waals surface area contributed by atoms with Gasteiger partial charge in [0.15, 0.2) is 5.82 Å². The van der Waals surface area contributed by atoms with Crippen LogP contribution in [0.1, 0.15) is 69.6 Å². The summed E-state index contributed by atoms with van der Waals surface area (Å²) >= 11 is 0. The van der Waals surface area contributed by atoms with Gasteiger partial charge >= 0.3 is 0 Å². The molecule has 0 fully saturated rings. The van der Waals surface area contributed by atoms with Crippen LogP contribution < -0.4 is 5.32 Å². The molecule has 0 saturated carbocycles. The van der Waals surface area contributed by atoms with Gasteiger partial charge in [-0.2, -0.15) is 0 Å². The lowest BCUT2D eigenvalue weighted by Gasteiger charge is -2.22. The molecule has 1 unspecified atom stereocenters. The molecule has 0 aliphatic heterocycles. The molecule has 0 amide bonds. The fourth-order valence-corrected chi connectivity index (χ4v) is 2.72. The Morgan fingerprint density at radius 3 is 2.65 bits per heavy atom. The van der Waals surface area contributed by atoms with Crippen molar-refractivity contribution in [3.05, 3.63) is 17.1 Å². The normalized spacial score (nSPS) is 15.8. The van der Waals surface area contributed by atoms with E-state index in [1.165, 1.54) is 24.1 Å². The standard InChI is InChI=1S/C16H27N3O/c1-4-11-17-15-12-9-7-8-10-13(12)18-16(19-15)14(5-2)20-6-3/h14H,4-11H2,1-3H3,(H,17,18,19). The summed E-state index contributed by atoms with van der Waals surface area (Å²) in [4.78, 5) is 9.56. The molecule has 0 spiro atoms. The Morgan fingerprint density at radius 2 is 1.95 bits per heavy atom. The molecular formula is C16H27N3O. The summed E-state index contributed by atoms with van der Waals surface area (Å²) in [5, 5.41) is 3.48. The van der Waals surface area contributed by atoms with Crippen molar-refractivity contribution >= 4 is 5.82 Å². The average Bonchev–Trinajstić information content (AvgIpc) is 2.50. The summed E-state index contributed by atoms with van der Waals surface area (Å²) < 4.78 is 5.77. The number of rotatable bonds is 7.